The first-order chi connectivity index (χ1) is 16.3. The number of fused-ring (bicyclic) bond motifs is 2. The van der Waals surface area contributed by atoms with Crippen LogP contribution in [-0.2, 0) is 16.0 Å². The molecular weight excluding hydrogens is 460 g/mol. The molecule has 7 nitrogen and oxygen atoms in total. The third kappa shape index (κ3) is 5.44. The minimum absolute atomic E-state index is 0.00350. The zero-order valence-electron chi connectivity index (χ0n) is 22.6. The van der Waals surface area contributed by atoms with E-state index in [1.807, 2.05) is 11.8 Å². The molecule has 2 heterocycles. The smallest absolute Gasteiger partial charge is 0.226 e. The number of hydrogen-bond donors (Lipinski definition) is 2. The number of anilines is 1. The van der Waals surface area contributed by atoms with Crippen LogP contribution in [0.2, 0.25) is 0 Å². The third-order valence-electron chi connectivity index (χ3n) is 8.71. The molecule has 0 aromatic carbocycles. The number of hydrogen-bond acceptors (Lipinski definition) is 6. The fourth-order valence-corrected chi connectivity index (χ4v) is 8.02. The summed E-state index contributed by atoms with van der Waals surface area (Å²) >= 11 is 1.59. The fourth-order valence-electron chi connectivity index (χ4n) is 6.74. The van der Waals surface area contributed by atoms with Gasteiger partial charge in [-0.15, -0.1) is 11.3 Å². The van der Waals surface area contributed by atoms with Gasteiger partial charge in [0.25, 0.3) is 0 Å². The maximum Gasteiger partial charge on any atom is 0.226 e. The lowest BCUT2D eigenvalue weighted by molar-refractivity contribution is -0.146. The summed E-state index contributed by atoms with van der Waals surface area (Å²) < 4.78 is 0. The van der Waals surface area contributed by atoms with Crippen molar-refractivity contribution in [1.29, 1.82) is 0 Å². The number of aliphatic hydroxyl groups is 1. The molecule has 0 unspecified atom stereocenters. The van der Waals surface area contributed by atoms with Crippen molar-refractivity contribution in [3.05, 3.63) is 10.6 Å². The predicted octanol–water partition coefficient (Wildman–Crippen LogP) is 3.98. The van der Waals surface area contributed by atoms with Gasteiger partial charge in [0.1, 0.15) is 0 Å². The van der Waals surface area contributed by atoms with Gasteiger partial charge in [0, 0.05) is 49.3 Å². The van der Waals surface area contributed by atoms with E-state index in [9.17, 15) is 14.7 Å². The Morgan fingerprint density at radius 3 is 2.54 bits per heavy atom. The molecule has 2 N–H and O–H groups in total. The summed E-state index contributed by atoms with van der Waals surface area (Å²) in [5, 5.41) is 15.4. The van der Waals surface area contributed by atoms with Gasteiger partial charge in [-0.05, 0) is 49.0 Å². The lowest BCUT2D eigenvalue weighted by atomic mass is 9.53. The second-order valence-electron chi connectivity index (χ2n) is 12.9. The second kappa shape index (κ2) is 9.75. The van der Waals surface area contributed by atoms with Crippen LogP contribution in [0.25, 0.3) is 0 Å². The van der Waals surface area contributed by atoms with Crippen molar-refractivity contribution in [2.45, 2.75) is 79.2 Å². The number of aliphatic hydroxyl groups excluding tert-OH is 1. The molecule has 2 aliphatic carbocycles. The van der Waals surface area contributed by atoms with E-state index in [-0.39, 0.29) is 46.3 Å². The van der Waals surface area contributed by atoms with Gasteiger partial charge < -0.3 is 20.2 Å². The van der Waals surface area contributed by atoms with Crippen molar-refractivity contribution >= 4 is 28.3 Å². The molecule has 3 aliphatic rings. The molecular formula is C27H44N4O3S. The van der Waals surface area contributed by atoms with Crippen molar-refractivity contribution < 1.29 is 14.7 Å². The molecule has 1 saturated carbocycles. The Morgan fingerprint density at radius 2 is 1.91 bits per heavy atom. The van der Waals surface area contributed by atoms with Crippen LogP contribution in [-0.4, -0.2) is 71.0 Å². The minimum atomic E-state index is -0.538. The Balaban J connectivity index is 1.49. The van der Waals surface area contributed by atoms with Crippen molar-refractivity contribution in [3.63, 3.8) is 0 Å². The molecule has 6 atom stereocenters. The molecule has 1 aromatic rings. The van der Waals surface area contributed by atoms with E-state index in [4.69, 9.17) is 4.98 Å². The number of nitrogens with one attached hydrogen (secondary N) is 1. The van der Waals surface area contributed by atoms with Gasteiger partial charge >= 0.3 is 0 Å². The van der Waals surface area contributed by atoms with Crippen molar-refractivity contribution in [3.8, 4) is 0 Å². The number of carbonyl (C=O) groups excluding carboxylic acids is 2. The summed E-state index contributed by atoms with van der Waals surface area (Å²) in [5.74, 6) is 0.0976. The van der Waals surface area contributed by atoms with Crippen molar-refractivity contribution in [1.82, 2.24) is 14.8 Å². The van der Waals surface area contributed by atoms with Crippen LogP contribution in [0.1, 0.15) is 77.3 Å². The predicted molar refractivity (Wildman–Crippen MR) is 141 cm³/mol. The highest BCUT2D eigenvalue weighted by Gasteiger charge is 2.54. The zero-order chi connectivity index (χ0) is 25.7. The normalized spacial score (nSPS) is 32.5. The van der Waals surface area contributed by atoms with Gasteiger partial charge in [-0.1, -0.05) is 41.5 Å². The van der Waals surface area contributed by atoms with E-state index in [1.165, 1.54) is 4.88 Å². The highest BCUT2D eigenvalue weighted by molar-refractivity contribution is 7.15. The van der Waals surface area contributed by atoms with E-state index < -0.39 is 6.10 Å². The summed E-state index contributed by atoms with van der Waals surface area (Å²) in [4.78, 5) is 36.1. The Bertz CT molecular complexity index is 949. The topological polar surface area (TPSA) is 85.8 Å². The first kappa shape index (κ1) is 26.6. The van der Waals surface area contributed by atoms with Crippen LogP contribution in [0.5, 0.6) is 0 Å². The lowest BCUT2D eigenvalue weighted by Gasteiger charge is -2.53. The number of carbonyl (C=O) groups is 2. The number of amides is 2. The molecule has 1 saturated heterocycles. The average molecular weight is 505 g/mol. The standard InChI is InChI=1S/C27H44N4O3S/c1-16(24(34)31-12-10-30(7)11-13-31)18-8-9-27(6)14-19-22(17(2)21(27)23(18)33)29-25(35-19)28-20(32)15-26(3,4)5/h16-18,21,23,33H,8-15H2,1-7H3,(H,28,29,32)/t16-,17-,18+,21+,23-,27-/m0/s1. The minimum Gasteiger partial charge on any atom is -0.392 e. The SMILES string of the molecule is C[C@H](C(=O)N1CCN(C)CC1)[C@H]1CC[C@@]2(C)Cc3sc(NC(=O)CC(C)(C)C)nc3[C@@H](C)[C@@H]2[C@H]1O. The van der Waals surface area contributed by atoms with Crippen molar-refractivity contribution in [2.24, 2.45) is 28.6 Å². The third-order valence-corrected chi connectivity index (χ3v) is 9.69. The maximum atomic E-state index is 13.3. The van der Waals surface area contributed by atoms with Crippen molar-refractivity contribution in [2.75, 3.05) is 38.5 Å². The van der Waals surface area contributed by atoms with Gasteiger partial charge in [0.2, 0.25) is 11.8 Å². The molecule has 35 heavy (non-hydrogen) atoms. The molecule has 2 amide bonds. The van der Waals surface area contributed by atoms with Gasteiger partial charge in [0.05, 0.1) is 11.8 Å². The second-order valence-corrected chi connectivity index (χ2v) is 14.0. The Hall–Kier alpha value is -1.51. The van der Waals surface area contributed by atoms with Crippen LogP contribution in [0.3, 0.4) is 0 Å². The quantitative estimate of drug-likeness (QED) is 0.648. The summed E-state index contributed by atoms with van der Waals surface area (Å²) in [5.41, 5.74) is 0.910. The number of nitrogens with zero attached hydrogens (tertiary/aromatic N) is 3. The van der Waals surface area contributed by atoms with Crippen LogP contribution < -0.4 is 5.32 Å². The molecule has 2 fully saturated rings. The maximum absolute atomic E-state index is 13.3. The van der Waals surface area contributed by atoms with Crippen LogP contribution >= 0.6 is 11.3 Å². The molecule has 1 aromatic heterocycles. The van der Waals surface area contributed by atoms with E-state index in [2.05, 4.69) is 51.9 Å². The molecule has 8 heteroatoms. The molecule has 4 rings (SSSR count). The highest BCUT2D eigenvalue weighted by atomic mass is 32.1. The van der Waals surface area contributed by atoms with Gasteiger partial charge in [0.15, 0.2) is 5.13 Å². The number of piperazine rings is 1. The van der Waals surface area contributed by atoms with Crippen LogP contribution in [0.4, 0.5) is 5.13 Å². The zero-order valence-corrected chi connectivity index (χ0v) is 23.4. The summed E-state index contributed by atoms with van der Waals surface area (Å²) in [6.45, 7) is 16.0. The molecule has 0 bridgehead atoms. The van der Waals surface area contributed by atoms with Gasteiger partial charge in [-0.25, -0.2) is 4.98 Å². The molecule has 0 spiro atoms. The Kier molecular flexibility index (Phi) is 7.39. The average Bonchev–Trinajstić information content (AvgIpc) is 3.13. The largest absolute Gasteiger partial charge is 0.392 e. The van der Waals surface area contributed by atoms with Gasteiger partial charge in [-0.2, -0.15) is 0 Å². The lowest BCUT2D eigenvalue weighted by Crippen LogP contribution is -2.55. The molecule has 196 valence electrons. The van der Waals surface area contributed by atoms with E-state index in [0.717, 1.165) is 51.1 Å². The highest BCUT2D eigenvalue weighted by Crippen LogP contribution is 2.57. The Morgan fingerprint density at radius 1 is 1.26 bits per heavy atom. The summed E-state index contributed by atoms with van der Waals surface area (Å²) in [6.07, 6.45) is 2.64. The first-order valence-electron chi connectivity index (χ1n) is 13.2. The van der Waals surface area contributed by atoms with E-state index >= 15 is 0 Å². The summed E-state index contributed by atoms with van der Waals surface area (Å²) in [7, 11) is 2.09. The van der Waals surface area contributed by atoms with E-state index in [0.29, 0.717) is 11.6 Å². The number of aromatic nitrogens is 1. The number of thiazole rings is 1. The van der Waals surface area contributed by atoms with E-state index in [1.54, 1.807) is 11.3 Å². The fraction of sp³-hybridized carbons (Fsp3) is 0.815. The Labute approximate surface area is 214 Å². The summed E-state index contributed by atoms with van der Waals surface area (Å²) in [6, 6.07) is 0. The van der Waals surface area contributed by atoms with Crippen LogP contribution in [0, 0.1) is 28.6 Å². The van der Waals surface area contributed by atoms with Crippen LogP contribution in [0.15, 0.2) is 0 Å². The number of likely N-dealkylation sites (N-methyl/N-ethyl adjacent to an activating group) is 1. The van der Waals surface area contributed by atoms with Gasteiger partial charge in [-0.3, -0.25) is 9.59 Å². The first-order valence-corrected chi connectivity index (χ1v) is 14.1. The number of rotatable bonds is 4. The molecule has 1 aliphatic heterocycles. The monoisotopic (exact) mass is 504 g/mol. The molecule has 0 radical (unpaired) electrons.